The van der Waals surface area contributed by atoms with E-state index < -0.39 is 0 Å². The number of piperazine rings is 1. The van der Waals surface area contributed by atoms with Gasteiger partial charge in [-0.3, -0.25) is 9.69 Å². The molecule has 0 atom stereocenters. The van der Waals surface area contributed by atoms with Crippen molar-refractivity contribution in [2.75, 3.05) is 94.4 Å². The van der Waals surface area contributed by atoms with Gasteiger partial charge in [-0.05, 0) is 31.0 Å². The lowest BCUT2D eigenvalue weighted by atomic mass is 10.2. The van der Waals surface area contributed by atoms with Gasteiger partial charge in [0.15, 0.2) is 5.13 Å². The first-order chi connectivity index (χ1) is 21.4. The van der Waals surface area contributed by atoms with E-state index in [0.717, 1.165) is 44.1 Å². The lowest BCUT2D eigenvalue weighted by Crippen LogP contribution is -2.47. The standard InChI is InChI=1S/C28H37ClN10O4S/c1-20-4-3-5-22(29)26(20)36-27(40)23-19-31-28(44-23)35-24-18-25(34-21(2)33-24)39-9-7-38(8-10-39)11-13-42-15-17-43-16-14-41-12-6-32-37-30/h3-5,18-19H,6-17H2,1-2H3,(H,36,40)(H,31,33,34,35). The zero-order valence-corrected chi connectivity index (χ0v) is 26.4. The van der Waals surface area contributed by atoms with Crippen LogP contribution in [0.25, 0.3) is 10.4 Å². The molecule has 1 aromatic carbocycles. The van der Waals surface area contributed by atoms with Crippen LogP contribution in [0.3, 0.4) is 0 Å². The number of amides is 1. The van der Waals surface area contributed by atoms with Crippen LogP contribution in [0.5, 0.6) is 0 Å². The number of rotatable bonds is 17. The number of hydrogen-bond acceptors (Lipinski definition) is 12. The minimum atomic E-state index is -0.273. The normalized spacial score (nSPS) is 13.5. The Morgan fingerprint density at radius 3 is 2.52 bits per heavy atom. The van der Waals surface area contributed by atoms with Crippen molar-refractivity contribution in [2.45, 2.75) is 13.8 Å². The molecule has 0 spiro atoms. The van der Waals surface area contributed by atoms with Crippen molar-refractivity contribution in [1.82, 2.24) is 19.9 Å². The average molecular weight is 645 g/mol. The second kappa shape index (κ2) is 17.7. The second-order valence-electron chi connectivity index (χ2n) is 9.82. The van der Waals surface area contributed by atoms with Gasteiger partial charge in [-0.2, -0.15) is 0 Å². The number of azide groups is 1. The number of halogens is 1. The van der Waals surface area contributed by atoms with E-state index in [9.17, 15) is 4.79 Å². The third-order valence-corrected chi connectivity index (χ3v) is 7.87. The van der Waals surface area contributed by atoms with E-state index in [0.29, 0.717) is 78.5 Å². The highest BCUT2D eigenvalue weighted by Gasteiger charge is 2.20. The van der Waals surface area contributed by atoms with E-state index in [-0.39, 0.29) is 5.91 Å². The highest BCUT2D eigenvalue weighted by molar-refractivity contribution is 7.17. The maximum absolute atomic E-state index is 12.8. The molecule has 16 heteroatoms. The molecule has 2 N–H and O–H groups in total. The maximum atomic E-state index is 12.8. The van der Waals surface area contributed by atoms with Gasteiger partial charge in [0, 0.05) is 50.2 Å². The molecule has 0 radical (unpaired) electrons. The lowest BCUT2D eigenvalue weighted by Gasteiger charge is -2.35. The summed E-state index contributed by atoms with van der Waals surface area (Å²) in [4.78, 5) is 34.1. The van der Waals surface area contributed by atoms with Crippen LogP contribution >= 0.6 is 22.9 Å². The molecule has 1 saturated heterocycles. The predicted octanol–water partition coefficient (Wildman–Crippen LogP) is 4.68. The monoisotopic (exact) mass is 644 g/mol. The van der Waals surface area contributed by atoms with E-state index in [1.165, 1.54) is 17.5 Å². The van der Waals surface area contributed by atoms with Crippen LogP contribution < -0.4 is 15.5 Å². The number of nitrogens with zero attached hydrogens (tertiary/aromatic N) is 8. The number of carbonyl (C=O) groups is 1. The van der Waals surface area contributed by atoms with Gasteiger partial charge in [0.05, 0.1) is 56.5 Å². The van der Waals surface area contributed by atoms with Gasteiger partial charge in [0.2, 0.25) is 0 Å². The number of aryl methyl sites for hydroxylation is 2. The van der Waals surface area contributed by atoms with Crippen molar-refractivity contribution >= 4 is 51.3 Å². The van der Waals surface area contributed by atoms with Crippen LogP contribution in [0.15, 0.2) is 35.6 Å². The van der Waals surface area contributed by atoms with Gasteiger partial charge in [0.25, 0.3) is 5.91 Å². The molecule has 0 aliphatic carbocycles. The molecule has 0 unspecified atom stereocenters. The summed E-state index contributed by atoms with van der Waals surface area (Å²) in [5, 5.41) is 10.5. The molecule has 1 aliphatic rings. The Balaban J connectivity index is 1.17. The zero-order chi connectivity index (χ0) is 31.1. The van der Waals surface area contributed by atoms with Crippen molar-refractivity contribution in [3.8, 4) is 0 Å². The van der Waals surface area contributed by atoms with Crippen LogP contribution in [-0.2, 0) is 14.2 Å². The fraction of sp³-hybridized carbons (Fsp3) is 0.500. The third kappa shape index (κ3) is 10.6. The second-order valence-corrected chi connectivity index (χ2v) is 11.3. The number of para-hydroxylation sites is 1. The first-order valence-electron chi connectivity index (χ1n) is 14.3. The van der Waals surface area contributed by atoms with E-state index >= 15 is 0 Å². The van der Waals surface area contributed by atoms with Gasteiger partial charge < -0.3 is 29.7 Å². The number of ether oxygens (including phenoxy) is 3. The third-order valence-electron chi connectivity index (χ3n) is 6.64. The molecular formula is C28H37ClN10O4S. The van der Waals surface area contributed by atoms with E-state index in [1.807, 2.05) is 32.0 Å². The fourth-order valence-electron chi connectivity index (χ4n) is 4.38. The molecule has 1 fully saturated rings. The molecule has 3 aromatic rings. The molecular weight excluding hydrogens is 608 g/mol. The average Bonchev–Trinajstić information content (AvgIpc) is 3.48. The van der Waals surface area contributed by atoms with Crippen LogP contribution in [0.2, 0.25) is 5.02 Å². The number of benzene rings is 1. The highest BCUT2D eigenvalue weighted by atomic mass is 35.5. The van der Waals surface area contributed by atoms with Crippen LogP contribution in [0, 0.1) is 13.8 Å². The summed E-state index contributed by atoms with van der Waals surface area (Å²) in [6.07, 6.45) is 1.53. The van der Waals surface area contributed by atoms with Crippen molar-refractivity contribution in [2.24, 2.45) is 5.11 Å². The Bertz CT molecular complexity index is 1390. The Hall–Kier alpha value is -3.56. The summed E-state index contributed by atoms with van der Waals surface area (Å²) in [5.74, 6) is 1.84. The summed E-state index contributed by atoms with van der Waals surface area (Å²) >= 11 is 7.50. The topological polar surface area (TPSA) is 163 Å². The van der Waals surface area contributed by atoms with Gasteiger partial charge in [-0.25, -0.2) is 15.0 Å². The molecule has 1 aliphatic heterocycles. The molecule has 4 rings (SSSR count). The highest BCUT2D eigenvalue weighted by Crippen LogP contribution is 2.28. The summed E-state index contributed by atoms with van der Waals surface area (Å²) in [6, 6.07) is 7.38. The SMILES string of the molecule is Cc1nc(Nc2ncc(C(=O)Nc3c(C)cccc3Cl)s2)cc(N2CCN(CCOCCOCCOCCN=[N+]=[N-])CC2)n1. The number of carbonyl (C=O) groups excluding carboxylic acids is 1. The minimum absolute atomic E-state index is 0.273. The van der Waals surface area contributed by atoms with Crippen molar-refractivity contribution in [3.63, 3.8) is 0 Å². The summed E-state index contributed by atoms with van der Waals surface area (Å²) in [7, 11) is 0. The largest absolute Gasteiger partial charge is 0.379 e. The Labute approximate surface area is 265 Å². The molecule has 14 nitrogen and oxygen atoms in total. The van der Waals surface area contributed by atoms with Crippen molar-refractivity contribution in [3.05, 3.63) is 62.2 Å². The van der Waals surface area contributed by atoms with Crippen LogP contribution in [0.1, 0.15) is 21.1 Å². The van der Waals surface area contributed by atoms with Gasteiger partial charge in [-0.15, -0.1) is 0 Å². The van der Waals surface area contributed by atoms with E-state index in [2.05, 4.69) is 45.4 Å². The van der Waals surface area contributed by atoms with Crippen molar-refractivity contribution < 1.29 is 19.0 Å². The Kier molecular flexibility index (Phi) is 13.4. The number of aromatic nitrogens is 3. The van der Waals surface area contributed by atoms with Crippen LogP contribution in [-0.4, -0.2) is 105 Å². The Morgan fingerprint density at radius 1 is 1.07 bits per heavy atom. The fourth-order valence-corrected chi connectivity index (χ4v) is 5.36. The molecule has 0 saturated carbocycles. The summed E-state index contributed by atoms with van der Waals surface area (Å²) < 4.78 is 16.5. The number of nitrogens with one attached hydrogen (secondary N) is 2. The van der Waals surface area contributed by atoms with Gasteiger partial charge in [0.1, 0.15) is 22.3 Å². The quantitative estimate of drug-likeness (QED) is 0.0913. The lowest BCUT2D eigenvalue weighted by molar-refractivity contribution is 0.0116. The van der Waals surface area contributed by atoms with Crippen molar-refractivity contribution in [1.29, 1.82) is 0 Å². The first kappa shape index (κ1) is 33.3. The molecule has 0 bridgehead atoms. The number of anilines is 4. The van der Waals surface area contributed by atoms with Gasteiger partial charge in [-0.1, -0.05) is 40.2 Å². The molecule has 1 amide bonds. The molecule has 44 heavy (non-hydrogen) atoms. The zero-order valence-electron chi connectivity index (χ0n) is 24.9. The van der Waals surface area contributed by atoms with Gasteiger partial charge >= 0.3 is 0 Å². The Morgan fingerprint density at radius 2 is 1.80 bits per heavy atom. The summed E-state index contributed by atoms with van der Waals surface area (Å²) in [5.41, 5.74) is 9.68. The minimum Gasteiger partial charge on any atom is -0.379 e. The van der Waals surface area contributed by atoms with E-state index in [1.54, 1.807) is 6.07 Å². The molecule has 2 aromatic heterocycles. The molecule has 236 valence electrons. The first-order valence-corrected chi connectivity index (χ1v) is 15.5. The summed E-state index contributed by atoms with van der Waals surface area (Å²) in [6.45, 7) is 11.4. The van der Waals surface area contributed by atoms with Crippen LogP contribution in [0.4, 0.5) is 22.5 Å². The predicted molar refractivity (Wildman–Crippen MR) is 171 cm³/mol. The molecule has 3 heterocycles. The van der Waals surface area contributed by atoms with E-state index in [4.69, 9.17) is 31.3 Å². The smallest absolute Gasteiger partial charge is 0.267 e. The number of hydrogen-bond donors (Lipinski definition) is 2. The maximum Gasteiger partial charge on any atom is 0.267 e. The number of thiazole rings is 1.